The molecule has 2 N–H and O–H groups in total. The lowest BCUT2D eigenvalue weighted by Crippen LogP contribution is -2.46. The highest BCUT2D eigenvalue weighted by Crippen LogP contribution is 2.36. The first-order valence-electron chi connectivity index (χ1n) is 12.3. The first-order valence-corrected chi connectivity index (χ1v) is 12.3. The number of rotatable bonds is 6. The van der Waals surface area contributed by atoms with Crippen molar-refractivity contribution in [3.63, 3.8) is 0 Å². The van der Waals surface area contributed by atoms with Gasteiger partial charge in [-0.25, -0.2) is 4.39 Å². The fourth-order valence-electron chi connectivity index (χ4n) is 5.60. The van der Waals surface area contributed by atoms with E-state index in [1.165, 1.54) is 6.07 Å². The molecule has 6 heteroatoms. The maximum absolute atomic E-state index is 14.2. The van der Waals surface area contributed by atoms with Crippen LogP contribution in [-0.4, -0.2) is 26.1 Å². The quantitative estimate of drug-likeness (QED) is 0.362. The van der Waals surface area contributed by atoms with E-state index < -0.39 is 5.54 Å². The Balaban J connectivity index is 1.36. The van der Waals surface area contributed by atoms with E-state index in [0.29, 0.717) is 24.0 Å². The number of aromatic nitrogens is 3. The van der Waals surface area contributed by atoms with Crippen LogP contribution in [0.15, 0.2) is 60.8 Å². The van der Waals surface area contributed by atoms with Crippen molar-refractivity contribution in [3.8, 4) is 11.3 Å². The van der Waals surface area contributed by atoms with Crippen LogP contribution in [0.5, 0.6) is 0 Å². The van der Waals surface area contributed by atoms with Crippen molar-refractivity contribution in [1.82, 2.24) is 14.8 Å². The topological polar surface area (TPSA) is 73.8 Å². The normalized spacial score (nSPS) is 20.3. The smallest absolute Gasteiger partial charge is 0.163 e. The largest absolute Gasteiger partial charge is 0.325 e. The molecule has 0 saturated heterocycles. The first-order chi connectivity index (χ1) is 16.8. The molecule has 0 amide bonds. The van der Waals surface area contributed by atoms with Gasteiger partial charge in [0, 0.05) is 47.4 Å². The van der Waals surface area contributed by atoms with Gasteiger partial charge in [0.15, 0.2) is 5.78 Å². The minimum atomic E-state index is -0.481. The maximum Gasteiger partial charge on any atom is 0.163 e. The fourth-order valence-corrected chi connectivity index (χ4v) is 5.60. The minimum Gasteiger partial charge on any atom is -0.325 e. The highest BCUT2D eigenvalue weighted by atomic mass is 19.1. The lowest BCUT2D eigenvalue weighted by atomic mass is 9.71. The number of halogens is 1. The zero-order valence-electron chi connectivity index (χ0n) is 20.3. The molecule has 2 atom stereocenters. The third kappa shape index (κ3) is 4.89. The Labute approximate surface area is 205 Å². The van der Waals surface area contributed by atoms with Gasteiger partial charge in [-0.3, -0.25) is 14.5 Å². The highest BCUT2D eigenvalue weighted by Gasteiger charge is 2.34. The number of benzene rings is 2. The van der Waals surface area contributed by atoms with E-state index in [1.807, 2.05) is 61.1 Å². The number of nitrogens with two attached hydrogens (primary N) is 1. The Morgan fingerprint density at radius 3 is 2.83 bits per heavy atom. The number of Topliss-reactive ketones (excluding diaryl/α,β-unsaturated/α-hetero) is 1. The lowest BCUT2D eigenvalue weighted by Gasteiger charge is -2.38. The van der Waals surface area contributed by atoms with Gasteiger partial charge in [0.1, 0.15) is 11.5 Å². The van der Waals surface area contributed by atoms with Gasteiger partial charge in [0.05, 0.1) is 5.52 Å². The number of fused-ring (bicyclic) bond motifs is 1. The molecule has 4 aromatic rings. The molecule has 2 aromatic heterocycles. The van der Waals surface area contributed by atoms with Crippen molar-refractivity contribution in [2.24, 2.45) is 18.7 Å². The molecule has 0 unspecified atom stereocenters. The van der Waals surface area contributed by atoms with Crippen LogP contribution in [-0.2, 0) is 13.5 Å². The zero-order valence-corrected chi connectivity index (χ0v) is 20.3. The molecule has 5 rings (SSSR count). The summed E-state index contributed by atoms with van der Waals surface area (Å²) >= 11 is 0. The number of hydrogen-bond acceptors (Lipinski definition) is 4. The Kier molecular flexibility index (Phi) is 6.24. The number of nitrogens with zero attached hydrogens (tertiary/aromatic N) is 3. The molecule has 180 valence electrons. The summed E-state index contributed by atoms with van der Waals surface area (Å²) in [5.74, 6) is 0.105. The molecule has 0 aliphatic heterocycles. The van der Waals surface area contributed by atoms with Crippen LogP contribution in [0, 0.1) is 18.7 Å². The molecule has 2 heterocycles. The summed E-state index contributed by atoms with van der Waals surface area (Å²) in [6, 6.07) is 16.6. The monoisotopic (exact) mass is 470 g/mol. The molecule has 1 aliphatic carbocycles. The predicted molar refractivity (Wildman–Crippen MR) is 137 cm³/mol. The Hall–Kier alpha value is -3.38. The van der Waals surface area contributed by atoms with E-state index in [2.05, 4.69) is 4.98 Å². The predicted octanol–water partition coefficient (Wildman–Crippen LogP) is 5.79. The number of ketones is 1. The molecular weight excluding hydrogens is 439 g/mol. The Morgan fingerprint density at radius 1 is 1.20 bits per heavy atom. The highest BCUT2D eigenvalue weighted by molar-refractivity contribution is 6.02. The molecule has 5 nitrogen and oxygen atoms in total. The Bertz CT molecular complexity index is 1390. The molecule has 2 aromatic carbocycles. The number of carbonyl (C=O) groups is 1. The van der Waals surface area contributed by atoms with Crippen molar-refractivity contribution >= 4 is 16.7 Å². The summed E-state index contributed by atoms with van der Waals surface area (Å²) in [5, 5.41) is 5.67. The molecule has 1 aliphatic rings. The van der Waals surface area contributed by atoms with Gasteiger partial charge in [-0.15, -0.1) is 0 Å². The second-order valence-corrected chi connectivity index (χ2v) is 10.1. The van der Waals surface area contributed by atoms with E-state index in [9.17, 15) is 9.18 Å². The maximum atomic E-state index is 14.2. The zero-order chi connectivity index (χ0) is 24.6. The summed E-state index contributed by atoms with van der Waals surface area (Å²) in [4.78, 5) is 17.6. The van der Waals surface area contributed by atoms with Gasteiger partial charge in [-0.05, 0) is 80.5 Å². The summed E-state index contributed by atoms with van der Waals surface area (Å²) < 4.78 is 16.1. The van der Waals surface area contributed by atoms with Crippen LogP contribution < -0.4 is 5.73 Å². The average molecular weight is 471 g/mol. The second kappa shape index (κ2) is 9.34. The molecule has 0 bridgehead atoms. The summed E-state index contributed by atoms with van der Waals surface area (Å²) in [6.07, 6.45) is 6.23. The van der Waals surface area contributed by atoms with E-state index in [4.69, 9.17) is 10.8 Å². The third-order valence-electron chi connectivity index (χ3n) is 7.30. The molecule has 1 fully saturated rings. The average Bonchev–Trinajstić information content (AvgIpc) is 3.16. The van der Waals surface area contributed by atoms with E-state index in [-0.39, 0.29) is 17.5 Å². The summed E-state index contributed by atoms with van der Waals surface area (Å²) in [7, 11) is 1.92. The molecule has 0 spiro atoms. The number of hydrogen-bond donors (Lipinski definition) is 1. The molecular formula is C29H31FN4O. The Morgan fingerprint density at radius 2 is 2.03 bits per heavy atom. The number of carbonyl (C=O) groups excluding carboxylic acids is 1. The van der Waals surface area contributed by atoms with Crippen molar-refractivity contribution in [1.29, 1.82) is 0 Å². The third-order valence-corrected chi connectivity index (χ3v) is 7.30. The van der Waals surface area contributed by atoms with Crippen LogP contribution in [0.1, 0.15) is 53.7 Å². The molecule has 0 radical (unpaired) electrons. The van der Waals surface area contributed by atoms with E-state index in [0.717, 1.165) is 53.5 Å². The first kappa shape index (κ1) is 23.4. The van der Waals surface area contributed by atoms with Crippen molar-refractivity contribution in [3.05, 3.63) is 83.4 Å². The van der Waals surface area contributed by atoms with Crippen LogP contribution in [0.25, 0.3) is 22.2 Å². The van der Waals surface area contributed by atoms with Gasteiger partial charge >= 0.3 is 0 Å². The molecule has 1 saturated carbocycles. The summed E-state index contributed by atoms with van der Waals surface area (Å²) in [6.45, 7) is 1.96. The van der Waals surface area contributed by atoms with E-state index >= 15 is 0 Å². The summed E-state index contributed by atoms with van der Waals surface area (Å²) in [5.41, 5.74) is 11.4. The van der Waals surface area contributed by atoms with Crippen LogP contribution in [0.3, 0.4) is 0 Å². The fraction of sp³-hybridized carbons (Fsp3) is 0.345. The van der Waals surface area contributed by atoms with Crippen LogP contribution in [0.2, 0.25) is 0 Å². The van der Waals surface area contributed by atoms with Crippen LogP contribution in [0.4, 0.5) is 4.39 Å². The van der Waals surface area contributed by atoms with Gasteiger partial charge in [0.2, 0.25) is 0 Å². The second-order valence-electron chi connectivity index (χ2n) is 10.1. The van der Waals surface area contributed by atoms with Crippen LogP contribution >= 0.6 is 0 Å². The van der Waals surface area contributed by atoms with Gasteiger partial charge in [0.25, 0.3) is 0 Å². The SMILES string of the molecule is Cc1cc(-c2nn(C)c3ccc(C(=O)C[C@@H]4CCC[C@@](N)(Cc5ccccc5F)C4)cc23)ccn1. The number of pyridine rings is 1. The van der Waals surface area contributed by atoms with E-state index in [1.54, 1.807) is 12.3 Å². The van der Waals surface area contributed by atoms with Gasteiger partial charge in [-0.1, -0.05) is 24.6 Å². The lowest BCUT2D eigenvalue weighted by molar-refractivity contribution is 0.0933. The van der Waals surface area contributed by atoms with Gasteiger partial charge in [-0.2, -0.15) is 5.10 Å². The minimum absolute atomic E-state index is 0.118. The van der Waals surface area contributed by atoms with Gasteiger partial charge < -0.3 is 5.73 Å². The molecule has 35 heavy (non-hydrogen) atoms. The standard InChI is InChI=1S/C29H31FN4O/c1-19-14-22(11-13-32-19)28-24-16-21(9-10-26(24)34(2)33-28)27(35)15-20-6-5-12-29(31,17-20)18-23-7-3-4-8-25(23)30/h3-4,7-11,13-14,16,20H,5-6,12,15,17-18,31H2,1-2H3/t20-,29-/m0/s1. The van der Waals surface area contributed by atoms with Crippen molar-refractivity contribution in [2.45, 2.75) is 51.0 Å². The number of aryl methyl sites for hydroxylation is 2. The van der Waals surface area contributed by atoms with Crippen molar-refractivity contribution < 1.29 is 9.18 Å². The van der Waals surface area contributed by atoms with Crippen molar-refractivity contribution in [2.75, 3.05) is 0 Å².